The lowest BCUT2D eigenvalue weighted by atomic mass is 10.1. The number of ether oxygens (including phenoxy) is 2. The highest BCUT2D eigenvalue weighted by molar-refractivity contribution is 6.18. The van der Waals surface area contributed by atoms with Gasteiger partial charge in [0.15, 0.2) is 0 Å². The molecule has 5 heteroatoms. The average molecular weight is 286 g/mol. The van der Waals surface area contributed by atoms with Crippen molar-refractivity contribution in [2.75, 3.05) is 20.1 Å². The van der Waals surface area contributed by atoms with Crippen molar-refractivity contribution in [1.29, 1.82) is 0 Å². The second-order valence-electron chi connectivity index (χ2n) is 4.46. The van der Waals surface area contributed by atoms with Crippen LogP contribution in [0.4, 0.5) is 0 Å². The number of carbonyl (C=O) groups is 1. The van der Waals surface area contributed by atoms with Gasteiger partial charge in [-0.1, -0.05) is 6.92 Å². The molecule has 0 aliphatic rings. The first kappa shape index (κ1) is 15.6. The maximum atomic E-state index is 12.2. The van der Waals surface area contributed by atoms with E-state index in [1.165, 1.54) is 7.11 Å². The molecule has 1 aromatic rings. The van der Waals surface area contributed by atoms with Crippen molar-refractivity contribution in [1.82, 2.24) is 5.32 Å². The van der Waals surface area contributed by atoms with Gasteiger partial charge in [0.1, 0.15) is 11.5 Å². The Kier molecular flexibility index (Phi) is 5.96. The molecule has 0 radical (unpaired) electrons. The summed E-state index contributed by atoms with van der Waals surface area (Å²) in [7, 11) is 3.09. The second-order valence-corrected chi connectivity index (χ2v) is 4.77. The van der Waals surface area contributed by atoms with Gasteiger partial charge in [-0.15, -0.1) is 11.6 Å². The van der Waals surface area contributed by atoms with E-state index in [9.17, 15) is 4.79 Å². The number of benzene rings is 1. The van der Waals surface area contributed by atoms with Crippen LogP contribution in [0.2, 0.25) is 0 Å². The zero-order chi connectivity index (χ0) is 14.4. The minimum atomic E-state index is -0.177. The van der Waals surface area contributed by atoms with Crippen LogP contribution >= 0.6 is 11.6 Å². The van der Waals surface area contributed by atoms with Crippen LogP contribution in [0.5, 0.6) is 11.5 Å². The van der Waals surface area contributed by atoms with E-state index in [0.717, 1.165) is 0 Å². The summed E-state index contributed by atoms with van der Waals surface area (Å²) in [5.41, 5.74) is 0.483. The Morgan fingerprint density at radius 3 is 2.53 bits per heavy atom. The summed E-state index contributed by atoms with van der Waals surface area (Å²) < 4.78 is 10.3. The molecule has 0 heterocycles. The smallest absolute Gasteiger partial charge is 0.255 e. The fourth-order valence-corrected chi connectivity index (χ4v) is 1.81. The molecule has 0 fully saturated rings. The normalized spacial score (nSPS) is 13.5. The molecule has 2 unspecified atom stereocenters. The summed E-state index contributed by atoms with van der Waals surface area (Å²) in [6.45, 7) is 3.92. The highest BCUT2D eigenvalue weighted by Gasteiger charge is 2.18. The number of hydrogen-bond donors (Lipinski definition) is 1. The van der Waals surface area contributed by atoms with Crippen LogP contribution in [0.1, 0.15) is 24.2 Å². The molecule has 0 spiro atoms. The number of nitrogens with one attached hydrogen (secondary N) is 1. The SMILES string of the molecule is COc1ccc(C(=O)NC(C)C(C)CCl)c(OC)c1. The van der Waals surface area contributed by atoms with Gasteiger partial charge in [-0.2, -0.15) is 0 Å². The van der Waals surface area contributed by atoms with Crippen molar-refractivity contribution < 1.29 is 14.3 Å². The first-order valence-electron chi connectivity index (χ1n) is 6.12. The van der Waals surface area contributed by atoms with E-state index in [1.54, 1.807) is 25.3 Å². The summed E-state index contributed by atoms with van der Waals surface area (Å²) in [6.07, 6.45) is 0. The summed E-state index contributed by atoms with van der Waals surface area (Å²) in [6, 6.07) is 5.10. The predicted molar refractivity (Wildman–Crippen MR) is 76.4 cm³/mol. The molecule has 0 saturated heterocycles. The van der Waals surface area contributed by atoms with Crippen molar-refractivity contribution in [3.05, 3.63) is 23.8 Å². The molecule has 1 aromatic carbocycles. The average Bonchev–Trinajstić information content (AvgIpc) is 2.45. The lowest BCUT2D eigenvalue weighted by molar-refractivity contribution is 0.0928. The molecule has 0 bridgehead atoms. The predicted octanol–water partition coefficient (Wildman–Crippen LogP) is 2.70. The maximum Gasteiger partial charge on any atom is 0.255 e. The Morgan fingerprint density at radius 1 is 1.32 bits per heavy atom. The number of amides is 1. The standard InChI is InChI=1S/C14H20ClNO3/c1-9(8-15)10(2)16-14(17)12-6-5-11(18-3)7-13(12)19-4/h5-7,9-10H,8H2,1-4H3,(H,16,17). The Bertz CT molecular complexity index is 437. The second kappa shape index (κ2) is 7.24. The first-order chi connectivity index (χ1) is 9.03. The van der Waals surface area contributed by atoms with E-state index >= 15 is 0 Å². The van der Waals surface area contributed by atoms with Gasteiger partial charge < -0.3 is 14.8 Å². The van der Waals surface area contributed by atoms with E-state index in [-0.39, 0.29) is 17.9 Å². The highest BCUT2D eigenvalue weighted by atomic mass is 35.5. The molecule has 2 atom stereocenters. The van der Waals surface area contributed by atoms with Crippen LogP contribution in [-0.2, 0) is 0 Å². The zero-order valence-electron chi connectivity index (χ0n) is 11.7. The Hall–Kier alpha value is -1.42. The molecule has 4 nitrogen and oxygen atoms in total. The Balaban J connectivity index is 2.87. The number of hydrogen-bond acceptors (Lipinski definition) is 3. The van der Waals surface area contributed by atoms with E-state index in [2.05, 4.69) is 5.32 Å². The van der Waals surface area contributed by atoms with Crippen LogP contribution in [0, 0.1) is 5.92 Å². The number of rotatable bonds is 6. The van der Waals surface area contributed by atoms with Gasteiger partial charge in [0.2, 0.25) is 0 Å². The zero-order valence-corrected chi connectivity index (χ0v) is 12.5. The van der Waals surface area contributed by atoms with Crippen LogP contribution in [0.15, 0.2) is 18.2 Å². The van der Waals surface area contributed by atoms with Gasteiger partial charge in [0, 0.05) is 18.0 Å². The topological polar surface area (TPSA) is 47.6 Å². The van der Waals surface area contributed by atoms with Crippen molar-refractivity contribution >= 4 is 17.5 Å². The maximum absolute atomic E-state index is 12.2. The van der Waals surface area contributed by atoms with Crippen molar-refractivity contribution in [3.8, 4) is 11.5 Å². The van der Waals surface area contributed by atoms with Crippen molar-refractivity contribution in [3.63, 3.8) is 0 Å². The monoisotopic (exact) mass is 285 g/mol. The molecule has 1 N–H and O–H groups in total. The molecule has 0 aromatic heterocycles. The highest BCUT2D eigenvalue weighted by Crippen LogP contribution is 2.24. The Labute approximate surface area is 119 Å². The van der Waals surface area contributed by atoms with E-state index in [0.29, 0.717) is 22.9 Å². The summed E-state index contributed by atoms with van der Waals surface area (Å²) in [4.78, 5) is 12.2. The Morgan fingerprint density at radius 2 is 2.00 bits per heavy atom. The number of halogens is 1. The summed E-state index contributed by atoms with van der Waals surface area (Å²) in [5, 5.41) is 2.91. The van der Waals surface area contributed by atoms with E-state index < -0.39 is 0 Å². The van der Waals surface area contributed by atoms with Gasteiger partial charge in [0.25, 0.3) is 5.91 Å². The third-order valence-corrected chi connectivity index (χ3v) is 3.60. The van der Waals surface area contributed by atoms with Crippen LogP contribution in [0.25, 0.3) is 0 Å². The van der Waals surface area contributed by atoms with Crippen molar-refractivity contribution in [2.24, 2.45) is 5.92 Å². The van der Waals surface area contributed by atoms with Crippen LogP contribution in [0.3, 0.4) is 0 Å². The third kappa shape index (κ3) is 4.03. The third-order valence-electron chi connectivity index (χ3n) is 3.11. The number of carbonyl (C=O) groups excluding carboxylic acids is 1. The van der Waals surface area contributed by atoms with E-state index in [1.807, 2.05) is 13.8 Å². The molecule has 0 saturated carbocycles. The van der Waals surface area contributed by atoms with Gasteiger partial charge in [-0.05, 0) is 25.0 Å². The molecule has 0 aliphatic carbocycles. The molecular weight excluding hydrogens is 266 g/mol. The van der Waals surface area contributed by atoms with Crippen molar-refractivity contribution in [2.45, 2.75) is 19.9 Å². The summed E-state index contributed by atoms with van der Waals surface area (Å²) >= 11 is 5.78. The largest absolute Gasteiger partial charge is 0.497 e. The van der Waals surface area contributed by atoms with E-state index in [4.69, 9.17) is 21.1 Å². The van der Waals surface area contributed by atoms with Crippen LogP contribution in [-0.4, -0.2) is 32.0 Å². The molecule has 0 aliphatic heterocycles. The minimum absolute atomic E-state index is 0.00296. The number of alkyl halides is 1. The van der Waals surface area contributed by atoms with Gasteiger partial charge in [-0.25, -0.2) is 0 Å². The fraction of sp³-hybridized carbons (Fsp3) is 0.500. The fourth-order valence-electron chi connectivity index (χ4n) is 1.55. The van der Waals surface area contributed by atoms with Gasteiger partial charge >= 0.3 is 0 Å². The van der Waals surface area contributed by atoms with Gasteiger partial charge in [-0.3, -0.25) is 4.79 Å². The first-order valence-corrected chi connectivity index (χ1v) is 6.65. The molecule has 1 rings (SSSR count). The lowest BCUT2D eigenvalue weighted by Crippen LogP contribution is -2.37. The molecule has 106 valence electrons. The van der Waals surface area contributed by atoms with Crippen LogP contribution < -0.4 is 14.8 Å². The molecule has 1 amide bonds. The van der Waals surface area contributed by atoms with Gasteiger partial charge in [0.05, 0.1) is 19.8 Å². The molecule has 19 heavy (non-hydrogen) atoms. The summed E-state index contributed by atoms with van der Waals surface area (Å²) in [5.74, 6) is 1.67. The number of methoxy groups -OCH3 is 2. The lowest BCUT2D eigenvalue weighted by Gasteiger charge is -2.20. The minimum Gasteiger partial charge on any atom is -0.497 e. The molecular formula is C14H20ClNO3. The quantitative estimate of drug-likeness (QED) is 0.818.